The number of amides is 2. The second-order valence-electron chi connectivity index (χ2n) is 10.1. The number of nitrogens with one attached hydrogen (secondary N) is 2. The predicted octanol–water partition coefficient (Wildman–Crippen LogP) is 7.53. The number of anilines is 1. The summed E-state index contributed by atoms with van der Waals surface area (Å²) >= 11 is 19.3. The highest BCUT2D eigenvalue weighted by atomic mass is 35.5. The minimum Gasteiger partial charge on any atom is -0.457 e. The number of rotatable bonds is 4. The number of carbonyl (C=O) groups excluding carboxylic acids is 2. The van der Waals surface area contributed by atoms with Crippen molar-refractivity contribution in [3.8, 4) is 23.8 Å². The van der Waals surface area contributed by atoms with E-state index in [9.17, 15) is 9.59 Å². The van der Waals surface area contributed by atoms with Crippen LogP contribution < -0.4 is 15.4 Å². The molecule has 1 aliphatic carbocycles. The van der Waals surface area contributed by atoms with Crippen LogP contribution in [0, 0.1) is 24.2 Å². The summed E-state index contributed by atoms with van der Waals surface area (Å²) < 4.78 is 6.32. The topological polar surface area (TPSA) is 67.4 Å². The molecule has 4 atom stereocenters. The SMILES string of the molecule is C#Cc1ccc(Oc2ccc(Cl)cc2[C@@H]2NC(=O)C[C@@H](C3C=CC=C(Cl)C3)[C@]23C(=O)Nc2cc(Cl)ccc23)cc1. The Labute approximate surface area is 247 Å². The van der Waals surface area contributed by atoms with Crippen molar-refractivity contribution in [2.75, 3.05) is 5.32 Å². The van der Waals surface area contributed by atoms with Gasteiger partial charge in [-0.05, 0) is 84.5 Å². The van der Waals surface area contributed by atoms with Crippen molar-refractivity contribution in [2.24, 2.45) is 11.8 Å². The van der Waals surface area contributed by atoms with Gasteiger partial charge in [-0.1, -0.05) is 58.9 Å². The van der Waals surface area contributed by atoms with Crippen LogP contribution in [0.2, 0.25) is 10.0 Å². The van der Waals surface area contributed by atoms with Gasteiger partial charge in [0.25, 0.3) is 0 Å². The monoisotopic (exact) mass is 588 g/mol. The van der Waals surface area contributed by atoms with Crippen LogP contribution in [0.15, 0.2) is 83.9 Å². The summed E-state index contributed by atoms with van der Waals surface area (Å²) in [6, 6.07) is 16.8. The van der Waals surface area contributed by atoms with Gasteiger partial charge in [0, 0.05) is 38.3 Å². The number of ether oxygens (including phenoxy) is 1. The molecule has 0 bridgehead atoms. The number of hydrogen-bond acceptors (Lipinski definition) is 3. The largest absolute Gasteiger partial charge is 0.457 e. The van der Waals surface area contributed by atoms with Gasteiger partial charge in [-0.25, -0.2) is 0 Å². The lowest BCUT2D eigenvalue weighted by molar-refractivity contribution is -0.135. The molecule has 0 saturated carbocycles. The Hall–Kier alpha value is -3.69. The van der Waals surface area contributed by atoms with Crippen molar-refractivity contribution in [3.63, 3.8) is 0 Å². The Bertz CT molecular complexity index is 1640. The molecule has 0 aromatic heterocycles. The van der Waals surface area contributed by atoms with Crippen LogP contribution in [0.3, 0.4) is 0 Å². The van der Waals surface area contributed by atoms with Gasteiger partial charge in [0.15, 0.2) is 0 Å². The molecule has 6 rings (SSSR count). The number of carbonyl (C=O) groups is 2. The van der Waals surface area contributed by atoms with Gasteiger partial charge in [-0.3, -0.25) is 9.59 Å². The summed E-state index contributed by atoms with van der Waals surface area (Å²) in [7, 11) is 0. The molecule has 0 radical (unpaired) electrons. The van der Waals surface area contributed by atoms with Crippen LogP contribution >= 0.6 is 34.8 Å². The summed E-state index contributed by atoms with van der Waals surface area (Å²) in [4.78, 5) is 27.7. The molecule has 3 aromatic rings. The highest BCUT2D eigenvalue weighted by Crippen LogP contribution is 2.58. The van der Waals surface area contributed by atoms with E-state index in [1.807, 2.05) is 24.3 Å². The number of hydrogen-bond donors (Lipinski definition) is 2. The standard InChI is InChI=1S/C32H23Cl3N2O3/c1-2-18-6-10-23(11-7-18)40-28-13-9-21(34)15-24(28)30-32(25-12-8-22(35)16-27(25)36-31(32)39)26(17-29(38)37-30)19-4-3-5-20(33)14-19/h1,3-13,15-16,19,26,30H,14,17H2,(H,36,39)(H,37,38)/t19?,26-,30-,32-/m0/s1. The highest BCUT2D eigenvalue weighted by molar-refractivity contribution is 6.31. The normalized spacial score (nSPS) is 25.1. The second-order valence-corrected chi connectivity index (χ2v) is 11.5. The molecule has 1 fully saturated rings. The molecule has 2 N–H and O–H groups in total. The van der Waals surface area contributed by atoms with Crippen molar-refractivity contribution in [2.45, 2.75) is 24.3 Å². The van der Waals surface area contributed by atoms with Gasteiger partial charge in [0.05, 0.1) is 6.04 Å². The number of piperidine rings is 1. The Morgan fingerprint density at radius 1 is 0.950 bits per heavy atom. The molecule has 3 aromatic carbocycles. The first kappa shape index (κ1) is 26.5. The van der Waals surface area contributed by atoms with E-state index in [2.05, 4.69) is 16.6 Å². The van der Waals surface area contributed by atoms with E-state index in [0.717, 1.165) is 11.1 Å². The number of benzene rings is 3. The maximum Gasteiger partial charge on any atom is 0.237 e. The number of allylic oxidation sites excluding steroid dienone is 4. The van der Waals surface area contributed by atoms with E-state index in [-0.39, 0.29) is 24.2 Å². The number of fused-ring (bicyclic) bond motifs is 2. The van der Waals surface area contributed by atoms with Crippen molar-refractivity contribution >= 4 is 52.3 Å². The average Bonchev–Trinajstić information content (AvgIpc) is 3.22. The van der Waals surface area contributed by atoms with E-state index >= 15 is 0 Å². The summed E-state index contributed by atoms with van der Waals surface area (Å²) in [5.41, 5.74) is 1.45. The Morgan fingerprint density at radius 2 is 1.70 bits per heavy atom. The molecule has 200 valence electrons. The molecule has 3 aliphatic rings. The van der Waals surface area contributed by atoms with Gasteiger partial charge in [-0.2, -0.15) is 0 Å². The quantitative estimate of drug-likeness (QED) is 0.309. The van der Waals surface area contributed by atoms with Crippen LogP contribution in [0.4, 0.5) is 5.69 Å². The van der Waals surface area contributed by atoms with E-state index in [4.69, 9.17) is 46.0 Å². The van der Waals surface area contributed by atoms with Crippen LogP contribution in [0.1, 0.15) is 35.6 Å². The Balaban J connectivity index is 1.55. The molecule has 2 heterocycles. The van der Waals surface area contributed by atoms with Gasteiger partial charge in [0.2, 0.25) is 11.8 Å². The first-order valence-corrected chi connectivity index (χ1v) is 13.9. The smallest absolute Gasteiger partial charge is 0.237 e. The Morgan fingerprint density at radius 3 is 2.45 bits per heavy atom. The number of terminal acetylenes is 1. The van der Waals surface area contributed by atoms with Crippen LogP contribution in [0.5, 0.6) is 11.5 Å². The third kappa shape index (κ3) is 4.47. The predicted molar refractivity (Wildman–Crippen MR) is 158 cm³/mol. The van der Waals surface area contributed by atoms with E-state index in [0.29, 0.717) is 44.2 Å². The van der Waals surface area contributed by atoms with Gasteiger partial charge < -0.3 is 15.4 Å². The fourth-order valence-corrected chi connectivity index (χ4v) is 6.83. The van der Waals surface area contributed by atoms with E-state index < -0.39 is 17.4 Å². The zero-order valence-corrected chi connectivity index (χ0v) is 23.4. The van der Waals surface area contributed by atoms with Crippen molar-refractivity contribution in [1.29, 1.82) is 0 Å². The molecule has 8 heteroatoms. The third-order valence-corrected chi connectivity index (χ3v) is 8.67. The lowest BCUT2D eigenvalue weighted by Gasteiger charge is -2.49. The molecule has 1 unspecified atom stereocenters. The van der Waals surface area contributed by atoms with Crippen LogP contribution in [-0.4, -0.2) is 11.8 Å². The van der Waals surface area contributed by atoms with Crippen molar-refractivity contribution in [3.05, 3.63) is 111 Å². The minimum absolute atomic E-state index is 0.134. The van der Waals surface area contributed by atoms with Crippen LogP contribution in [-0.2, 0) is 15.0 Å². The summed E-state index contributed by atoms with van der Waals surface area (Å²) in [6.45, 7) is 0. The fraction of sp³-hybridized carbons (Fsp3) is 0.188. The summed E-state index contributed by atoms with van der Waals surface area (Å²) in [5, 5.41) is 7.79. The first-order chi connectivity index (χ1) is 19.3. The zero-order valence-electron chi connectivity index (χ0n) is 21.1. The van der Waals surface area contributed by atoms with Gasteiger partial charge >= 0.3 is 0 Å². The molecular formula is C32H23Cl3N2O3. The minimum atomic E-state index is -1.20. The molecule has 1 spiro atoms. The third-order valence-electron chi connectivity index (χ3n) is 7.92. The van der Waals surface area contributed by atoms with E-state index in [1.54, 1.807) is 54.6 Å². The zero-order chi connectivity index (χ0) is 28.0. The molecule has 2 amide bonds. The lowest BCUT2D eigenvalue weighted by Crippen LogP contribution is -2.59. The highest BCUT2D eigenvalue weighted by Gasteiger charge is 2.62. The maximum absolute atomic E-state index is 14.3. The lowest BCUT2D eigenvalue weighted by atomic mass is 9.57. The van der Waals surface area contributed by atoms with Gasteiger partial charge in [0.1, 0.15) is 16.9 Å². The first-order valence-electron chi connectivity index (χ1n) is 12.8. The van der Waals surface area contributed by atoms with Gasteiger partial charge in [-0.15, -0.1) is 6.42 Å². The summed E-state index contributed by atoms with van der Waals surface area (Å²) in [5.74, 6) is 2.59. The fourth-order valence-electron chi connectivity index (χ4n) is 6.23. The van der Waals surface area contributed by atoms with Crippen molar-refractivity contribution < 1.29 is 14.3 Å². The van der Waals surface area contributed by atoms with Crippen molar-refractivity contribution in [1.82, 2.24) is 5.32 Å². The van der Waals surface area contributed by atoms with E-state index in [1.165, 1.54) is 0 Å². The molecule has 40 heavy (non-hydrogen) atoms. The molecule has 5 nitrogen and oxygen atoms in total. The maximum atomic E-state index is 14.3. The number of halogens is 3. The summed E-state index contributed by atoms with van der Waals surface area (Å²) in [6.07, 6.45) is 11.9. The van der Waals surface area contributed by atoms with Crippen LogP contribution in [0.25, 0.3) is 0 Å². The average molecular weight is 590 g/mol. The molecular weight excluding hydrogens is 567 g/mol. The molecule has 2 aliphatic heterocycles. The molecule has 1 saturated heterocycles. The Kier molecular flexibility index (Phi) is 6.88. The second kappa shape index (κ2) is 10.4.